The van der Waals surface area contributed by atoms with Crippen molar-refractivity contribution in [2.45, 2.75) is 25.3 Å². The average Bonchev–Trinajstić information content (AvgIpc) is 2.57. The molecule has 0 fully saturated rings. The fourth-order valence-corrected chi connectivity index (χ4v) is 2.24. The molecular formula is C16H15F6N5O. The lowest BCUT2D eigenvalue weighted by atomic mass is 10.0. The molecule has 1 atom stereocenters. The number of carbonyl (C=O) groups is 1. The largest absolute Gasteiger partial charge is 0.418 e. The zero-order valence-electron chi connectivity index (χ0n) is 14.9. The second-order valence-electron chi connectivity index (χ2n) is 6.09. The van der Waals surface area contributed by atoms with E-state index in [1.165, 1.54) is 18.2 Å². The Balaban J connectivity index is 2.57. The molecule has 0 aliphatic heterocycles. The van der Waals surface area contributed by atoms with Crippen LogP contribution in [0, 0.1) is 0 Å². The minimum atomic E-state index is -5.08. The van der Waals surface area contributed by atoms with E-state index in [1.54, 1.807) is 14.1 Å². The van der Waals surface area contributed by atoms with Crippen molar-refractivity contribution >= 4 is 28.8 Å². The van der Waals surface area contributed by atoms with Crippen LogP contribution in [0.15, 0.2) is 23.3 Å². The van der Waals surface area contributed by atoms with Crippen LogP contribution in [0.5, 0.6) is 0 Å². The summed E-state index contributed by atoms with van der Waals surface area (Å²) in [5.41, 5.74) is -4.03. The number of nitrogens with zero attached hydrogens (tertiary/aromatic N) is 4. The lowest BCUT2D eigenvalue weighted by molar-refractivity contribution is -0.142. The number of aliphatic imine (C=N–C) groups is 1. The number of carbonyl (C=O) groups excluding carboxylic acids is 1. The number of amides is 1. The zero-order valence-corrected chi connectivity index (χ0v) is 14.9. The predicted molar refractivity (Wildman–Crippen MR) is 89.8 cm³/mol. The topological polar surface area (TPSA) is 70.5 Å². The van der Waals surface area contributed by atoms with Crippen molar-refractivity contribution in [1.82, 2.24) is 15.1 Å². The van der Waals surface area contributed by atoms with Gasteiger partial charge in [0.05, 0.1) is 29.3 Å². The maximum atomic E-state index is 13.3. The van der Waals surface area contributed by atoms with Gasteiger partial charge in [0.2, 0.25) is 0 Å². The standard InChI is InChI=1S/C16H15F6N5O/c1-8(14(28)23-7-27(2)3)25-12-6-24-26-13-10(12)4-9(15(17,18)19)5-11(13)16(20,21)22/h4-8H,1-3H3,(H,25,26). The Morgan fingerprint density at radius 3 is 2.36 bits per heavy atom. The molecule has 1 unspecified atom stereocenters. The van der Waals surface area contributed by atoms with Crippen LogP contribution in [-0.2, 0) is 17.1 Å². The third-order valence-electron chi connectivity index (χ3n) is 3.54. The molecule has 0 saturated heterocycles. The minimum absolute atomic E-state index is 0.0171. The van der Waals surface area contributed by atoms with Crippen molar-refractivity contribution in [3.63, 3.8) is 0 Å². The Hall–Kier alpha value is -2.92. The van der Waals surface area contributed by atoms with E-state index in [-0.39, 0.29) is 11.8 Å². The quantitative estimate of drug-likeness (QED) is 0.477. The molecule has 1 aromatic heterocycles. The highest BCUT2D eigenvalue weighted by atomic mass is 19.4. The summed E-state index contributed by atoms with van der Waals surface area (Å²) in [6.45, 7) is 1.36. The summed E-state index contributed by atoms with van der Waals surface area (Å²) in [5.74, 6) is -0.679. The highest BCUT2D eigenvalue weighted by Crippen LogP contribution is 2.40. The van der Waals surface area contributed by atoms with Gasteiger partial charge in [-0.3, -0.25) is 4.79 Å². The number of halogens is 6. The molecule has 0 bridgehead atoms. The highest BCUT2D eigenvalue weighted by molar-refractivity contribution is 5.96. The molecule has 6 nitrogen and oxygen atoms in total. The molecule has 0 radical (unpaired) electrons. The number of aromatic nitrogens is 2. The number of hydrogen-bond acceptors (Lipinski definition) is 4. The van der Waals surface area contributed by atoms with Crippen LogP contribution in [0.4, 0.5) is 32.0 Å². The first kappa shape index (κ1) is 21.4. The predicted octanol–water partition coefficient (Wildman–Crippen LogP) is 3.58. The van der Waals surface area contributed by atoms with Gasteiger partial charge in [-0.15, -0.1) is 5.10 Å². The van der Waals surface area contributed by atoms with Crippen molar-refractivity contribution in [3.8, 4) is 0 Å². The molecule has 1 heterocycles. The number of alkyl halides is 6. The fraction of sp³-hybridized carbons (Fsp3) is 0.375. The molecule has 1 aromatic carbocycles. The molecule has 12 heteroatoms. The van der Waals surface area contributed by atoms with E-state index < -0.39 is 46.3 Å². The van der Waals surface area contributed by atoms with Crippen LogP contribution >= 0.6 is 0 Å². The van der Waals surface area contributed by atoms with Gasteiger partial charge in [-0.05, 0) is 19.1 Å². The molecule has 2 rings (SSSR count). The van der Waals surface area contributed by atoms with Gasteiger partial charge in [-0.2, -0.15) is 31.4 Å². The molecule has 0 spiro atoms. The maximum absolute atomic E-state index is 13.3. The van der Waals surface area contributed by atoms with E-state index in [9.17, 15) is 31.1 Å². The summed E-state index contributed by atoms with van der Waals surface area (Å²) in [6, 6.07) is -0.522. The van der Waals surface area contributed by atoms with Crippen LogP contribution in [0.3, 0.4) is 0 Å². The number of benzene rings is 1. The molecule has 1 amide bonds. The summed E-state index contributed by atoms with van der Waals surface area (Å²) < 4.78 is 79.0. The second-order valence-corrected chi connectivity index (χ2v) is 6.09. The number of rotatable bonds is 4. The Kier molecular flexibility index (Phi) is 5.80. The van der Waals surface area contributed by atoms with Gasteiger partial charge in [0.15, 0.2) is 0 Å². The first-order valence-electron chi connectivity index (χ1n) is 7.75. The second kappa shape index (κ2) is 7.60. The Labute approximate surface area is 155 Å². The van der Waals surface area contributed by atoms with Gasteiger partial charge in [-0.1, -0.05) is 0 Å². The minimum Gasteiger partial charge on any atom is -0.372 e. The third-order valence-corrected chi connectivity index (χ3v) is 3.54. The number of anilines is 1. The molecule has 0 aliphatic carbocycles. The first-order valence-corrected chi connectivity index (χ1v) is 7.75. The van der Waals surface area contributed by atoms with Gasteiger partial charge in [0.25, 0.3) is 5.91 Å². The van der Waals surface area contributed by atoms with E-state index in [0.717, 1.165) is 6.20 Å². The van der Waals surface area contributed by atoms with Crippen LogP contribution in [0.1, 0.15) is 18.1 Å². The summed E-state index contributed by atoms with van der Waals surface area (Å²) in [6.07, 6.45) is -7.93. The van der Waals surface area contributed by atoms with E-state index >= 15 is 0 Å². The molecule has 2 aromatic rings. The average molecular weight is 407 g/mol. The van der Waals surface area contributed by atoms with E-state index in [4.69, 9.17) is 0 Å². The van der Waals surface area contributed by atoms with Crippen molar-refractivity contribution in [2.75, 3.05) is 19.4 Å². The maximum Gasteiger partial charge on any atom is 0.418 e. The summed E-state index contributed by atoms with van der Waals surface area (Å²) in [5, 5.41) is 8.84. The van der Waals surface area contributed by atoms with Crippen LogP contribution in [-0.4, -0.2) is 47.5 Å². The van der Waals surface area contributed by atoms with Gasteiger partial charge in [0, 0.05) is 19.5 Å². The molecular weight excluding hydrogens is 392 g/mol. The fourth-order valence-electron chi connectivity index (χ4n) is 2.24. The van der Waals surface area contributed by atoms with Crippen LogP contribution in [0.2, 0.25) is 0 Å². The van der Waals surface area contributed by atoms with Gasteiger partial charge < -0.3 is 10.2 Å². The number of hydrogen-bond donors (Lipinski definition) is 1. The van der Waals surface area contributed by atoms with Gasteiger partial charge >= 0.3 is 12.4 Å². The van der Waals surface area contributed by atoms with Crippen molar-refractivity contribution < 1.29 is 31.1 Å². The highest BCUT2D eigenvalue weighted by Gasteiger charge is 2.39. The van der Waals surface area contributed by atoms with Crippen molar-refractivity contribution in [2.24, 2.45) is 4.99 Å². The zero-order chi connectivity index (χ0) is 21.3. The Bertz CT molecular complexity index is 907. The smallest absolute Gasteiger partial charge is 0.372 e. The van der Waals surface area contributed by atoms with Crippen LogP contribution in [0.25, 0.3) is 10.9 Å². The molecule has 0 saturated carbocycles. The van der Waals surface area contributed by atoms with E-state index in [2.05, 4.69) is 20.5 Å². The Morgan fingerprint density at radius 2 is 1.82 bits per heavy atom. The molecule has 1 N–H and O–H groups in total. The molecule has 0 aliphatic rings. The monoisotopic (exact) mass is 407 g/mol. The van der Waals surface area contributed by atoms with Crippen molar-refractivity contribution in [1.29, 1.82) is 0 Å². The van der Waals surface area contributed by atoms with Crippen molar-refractivity contribution in [3.05, 3.63) is 29.5 Å². The first-order chi connectivity index (χ1) is 12.8. The van der Waals surface area contributed by atoms with E-state index in [0.29, 0.717) is 6.07 Å². The number of fused-ring (bicyclic) bond motifs is 1. The lowest BCUT2D eigenvalue weighted by Crippen LogP contribution is -2.26. The normalized spacial score (nSPS) is 13.8. The summed E-state index contributed by atoms with van der Waals surface area (Å²) in [7, 11) is 3.24. The summed E-state index contributed by atoms with van der Waals surface area (Å²) >= 11 is 0. The molecule has 28 heavy (non-hydrogen) atoms. The third kappa shape index (κ3) is 4.87. The van der Waals surface area contributed by atoms with Gasteiger partial charge in [-0.25, -0.2) is 4.99 Å². The molecule has 152 valence electrons. The lowest BCUT2D eigenvalue weighted by Gasteiger charge is -2.17. The van der Waals surface area contributed by atoms with E-state index in [1.807, 2.05) is 0 Å². The Morgan fingerprint density at radius 1 is 1.18 bits per heavy atom. The van der Waals surface area contributed by atoms with Crippen LogP contribution < -0.4 is 5.32 Å². The SMILES string of the molecule is CC(Nc1cnnc2c(C(F)(F)F)cc(C(F)(F)F)cc12)C(=O)N=CN(C)C. The summed E-state index contributed by atoms with van der Waals surface area (Å²) in [4.78, 5) is 17.1. The number of nitrogens with one attached hydrogen (secondary N) is 1. The van der Waals surface area contributed by atoms with Gasteiger partial charge in [0.1, 0.15) is 11.6 Å².